The molecule has 6 nitrogen and oxygen atoms in total. The lowest BCUT2D eigenvalue weighted by molar-refractivity contribution is -0.147. The van der Waals surface area contributed by atoms with E-state index in [1.54, 1.807) is 12.1 Å². The zero-order valence-corrected chi connectivity index (χ0v) is 14.7. The molecule has 1 unspecified atom stereocenters. The Morgan fingerprint density at radius 2 is 1.85 bits per heavy atom. The Balaban J connectivity index is 1.79. The van der Waals surface area contributed by atoms with Crippen LogP contribution in [0.3, 0.4) is 0 Å². The number of carbonyl (C=O) groups is 3. The van der Waals surface area contributed by atoms with Gasteiger partial charge >= 0.3 is 11.9 Å². The van der Waals surface area contributed by atoms with Gasteiger partial charge in [-0.15, -0.1) is 0 Å². The molecular formula is C20H22O6. The first kappa shape index (κ1) is 19.6. The van der Waals surface area contributed by atoms with E-state index in [-0.39, 0.29) is 25.4 Å². The normalized spacial score (nSPS) is 15.9. The zero-order chi connectivity index (χ0) is 18.8. The fourth-order valence-corrected chi connectivity index (χ4v) is 2.36. The minimum Gasteiger partial charge on any atom is -0.463 e. The third-order valence-corrected chi connectivity index (χ3v) is 3.81. The Morgan fingerprint density at radius 1 is 1.12 bits per heavy atom. The van der Waals surface area contributed by atoms with Gasteiger partial charge in [-0.25, -0.2) is 0 Å². The number of rotatable bonds is 9. The Hall–Kier alpha value is -2.73. The van der Waals surface area contributed by atoms with E-state index in [0.717, 1.165) is 17.4 Å². The minimum absolute atomic E-state index is 0.0315. The SMILES string of the molecule is COCCOC(=O)CCC(=O)Oc1ccc(C2=CCC(C=O)C=C2)cc1. The van der Waals surface area contributed by atoms with Gasteiger partial charge in [0.05, 0.1) is 19.4 Å². The Kier molecular flexibility index (Phi) is 7.76. The van der Waals surface area contributed by atoms with E-state index in [0.29, 0.717) is 18.8 Å². The maximum atomic E-state index is 11.8. The number of allylic oxidation sites excluding steroid dienone is 4. The molecule has 1 atom stereocenters. The van der Waals surface area contributed by atoms with Gasteiger partial charge in [0.15, 0.2) is 0 Å². The summed E-state index contributed by atoms with van der Waals surface area (Å²) in [6.07, 6.45) is 7.34. The van der Waals surface area contributed by atoms with Gasteiger partial charge in [-0.3, -0.25) is 9.59 Å². The van der Waals surface area contributed by atoms with Crippen molar-refractivity contribution in [2.75, 3.05) is 20.3 Å². The molecule has 0 fully saturated rings. The number of hydrogen-bond acceptors (Lipinski definition) is 6. The van der Waals surface area contributed by atoms with Gasteiger partial charge < -0.3 is 19.0 Å². The lowest BCUT2D eigenvalue weighted by Gasteiger charge is -2.11. The van der Waals surface area contributed by atoms with Crippen LogP contribution in [0.25, 0.3) is 5.57 Å². The highest BCUT2D eigenvalue weighted by atomic mass is 16.6. The van der Waals surface area contributed by atoms with Crippen LogP contribution in [0, 0.1) is 5.92 Å². The monoisotopic (exact) mass is 358 g/mol. The third kappa shape index (κ3) is 6.29. The molecular weight excluding hydrogens is 336 g/mol. The fraction of sp³-hybridized carbons (Fsp3) is 0.350. The van der Waals surface area contributed by atoms with E-state index < -0.39 is 11.9 Å². The maximum Gasteiger partial charge on any atom is 0.311 e. The van der Waals surface area contributed by atoms with Crippen LogP contribution in [0.2, 0.25) is 0 Å². The number of esters is 2. The number of hydrogen-bond donors (Lipinski definition) is 0. The van der Waals surface area contributed by atoms with E-state index in [1.165, 1.54) is 7.11 Å². The van der Waals surface area contributed by atoms with Gasteiger partial charge in [0, 0.05) is 13.0 Å². The largest absolute Gasteiger partial charge is 0.463 e. The second-order valence-corrected chi connectivity index (χ2v) is 5.77. The molecule has 0 aromatic heterocycles. The summed E-state index contributed by atoms with van der Waals surface area (Å²) in [5.41, 5.74) is 2.01. The van der Waals surface area contributed by atoms with Crippen LogP contribution >= 0.6 is 0 Å². The van der Waals surface area contributed by atoms with Crippen LogP contribution < -0.4 is 4.74 Å². The van der Waals surface area contributed by atoms with Gasteiger partial charge in [-0.1, -0.05) is 30.4 Å². The second kappa shape index (κ2) is 10.3. The van der Waals surface area contributed by atoms with Crippen molar-refractivity contribution < 1.29 is 28.6 Å². The summed E-state index contributed by atoms with van der Waals surface area (Å²) in [6.45, 7) is 0.494. The molecule has 0 N–H and O–H groups in total. The molecule has 1 aliphatic rings. The molecule has 0 saturated carbocycles. The van der Waals surface area contributed by atoms with Crippen molar-refractivity contribution in [3.63, 3.8) is 0 Å². The quantitative estimate of drug-likeness (QED) is 0.292. The Labute approximate surface area is 152 Å². The minimum atomic E-state index is -0.493. The zero-order valence-electron chi connectivity index (χ0n) is 14.7. The molecule has 1 aliphatic carbocycles. The van der Waals surface area contributed by atoms with Crippen LogP contribution in [-0.2, 0) is 23.9 Å². The second-order valence-electron chi connectivity index (χ2n) is 5.77. The van der Waals surface area contributed by atoms with E-state index in [9.17, 15) is 14.4 Å². The van der Waals surface area contributed by atoms with Crippen molar-refractivity contribution in [1.82, 2.24) is 0 Å². The first-order valence-corrected chi connectivity index (χ1v) is 8.41. The first-order valence-electron chi connectivity index (χ1n) is 8.41. The summed E-state index contributed by atoms with van der Waals surface area (Å²) in [5.74, 6) is -0.594. The average molecular weight is 358 g/mol. The number of aldehydes is 1. The van der Waals surface area contributed by atoms with Gasteiger partial charge in [0.1, 0.15) is 18.6 Å². The number of benzene rings is 1. The Bertz CT molecular complexity index is 687. The summed E-state index contributed by atoms with van der Waals surface area (Å²) >= 11 is 0. The molecule has 0 saturated heterocycles. The molecule has 1 aromatic carbocycles. The molecule has 0 amide bonds. The topological polar surface area (TPSA) is 78.9 Å². The number of ether oxygens (including phenoxy) is 3. The maximum absolute atomic E-state index is 11.8. The molecule has 0 radical (unpaired) electrons. The van der Waals surface area contributed by atoms with Crippen LogP contribution in [0.1, 0.15) is 24.8 Å². The van der Waals surface area contributed by atoms with E-state index >= 15 is 0 Å². The first-order chi connectivity index (χ1) is 12.6. The van der Waals surface area contributed by atoms with Gasteiger partial charge in [-0.05, 0) is 29.7 Å². The molecule has 0 bridgehead atoms. The lowest BCUT2D eigenvalue weighted by atomic mass is 9.94. The molecule has 2 rings (SSSR count). The number of methoxy groups -OCH3 is 1. The van der Waals surface area contributed by atoms with Crippen molar-refractivity contribution in [3.8, 4) is 5.75 Å². The molecule has 0 spiro atoms. The van der Waals surface area contributed by atoms with Crippen molar-refractivity contribution in [2.45, 2.75) is 19.3 Å². The predicted octanol–water partition coefficient (Wildman–Crippen LogP) is 2.72. The standard InChI is InChI=1S/C20H22O6/c1-24-12-13-25-19(22)10-11-20(23)26-18-8-6-17(7-9-18)16-4-2-15(14-21)3-5-16/h2,4-9,14-15H,3,10-13H2,1H3. The Morgan fingerprint density at radius 3 is 2.46 bits per heavy atom. The van der Waals surface area contributed by atoms with Crippen molar-refractivity contribution in [3.05, 3.63) is 48.1 Å². The third-order valence-electron chi connectivity index (χ3n) is 3.81. The van der Waals surface area contributed by atoms with E-state index in [4.69, 9.17) is 14.2 Å². The summed E-state index contributed by atoms with van der Waals surface area (Å²) in [4.78, 5) is 34.0. The molecule has 0 heterocycles. The molecule has 1 aromatic rings. The highest BCUT2D eigenvalue weighted by Crippen LogP contribution is 2.25. The summed E-state index contributed by atoms with van der Waals surface area (Å²) in [6, 6.07) is 7.09. The van der Waals surface area contributed by atoms with Crippen molar-refractivity contribution in [1.29, 1.82) is 0 Å². The summed E-state index contributed by atoms with van der Waals surface area (Å²) in [5, 5.41) is 0. The highest BCUT2D eigenvalue weighted by molar-refractivity contribution is 5.80. The van der Waals surface area contributed by atoms with Crippen LogP contribution in [0.4, 0.5) is 0 Å². The smallest absolute Gasteiger partial charge is 0.311 e. The fourth-order valence-electron chi connectivity index (χ4n) is 2.36. The van der Waals surface area contributed by atoms with Crippen LogP contribution in [0.15, 0.2) is 42.5 Å². The van der Waals surface area contributed by atoms with Crippen LogP contribution in [-0.4, -0.2) is 38.5 Å². The molecule has 138 valence electrons. The predicted molar refractivity (Wildman–Crippen MR) is 95.4 cm³/mol. The summed E-state index contributed by atoms with van der Waals surface area (Å²) < 4.78 is 14.9. The lowest BCUT2D eigenvalue weighted by Crippen LogP contribution is -2.14. The van der Waals surface area contributed by atoms with Crippen molar-refractivity contribution in [2.24, 2.45) is 5.92 Å². The van der Waals surface area contributed by atoms with E-state index in [1.807, 2.05) is 30.4 Å². The molecule has 0 aliphatic heterocycles. The molecule has 6 heteroatoms. The molecule has 26 heavy (non-hydrogen) atoms. The van der Waals surface area contributed by atoms with Gasteiger partial charge in [-0.2, -0.15) is 0 Å². The number of carbonyl (C=O) groups excluding carboxylic acids is 3. The highest BCUT2D eigenvalue weighted by Gasteiger charge is 2.11. The average Bonchev–Trinajstić information content (AvgIpc) is 2.67. The van der Waals surface area contributed by atoms with E-state index in [2.05, 4.69) is 0 Å². The summed E-state index contributed by atoms with van der Waals surface area (Å²) in [7, 11) is 1.51. The van der Waals surface area contributed by atoms with Gasteiger partial charge in [0.25, 0.3) is 0 Å². The van der Waals surface area contributed by atoms with Crippen LogP contribution in [0.5, 0.6) is 5.75 Å². The van der Waals surface area contributed by atoms with Crippen molar-refractivity contribution >= 4 is 23.8 Å². The van der Waals surface area contributed by atoms with Gasteiger partial charge in [0.2, 0.25) is 0 Å².